The Bertz CT molecular complexity index is 1240. The molecule has 0 fully saturated rings. The van der Waals surface area contributed by atoms with Gasteiger partial charge in [0.1, 0.15) is 5.82 Å². The highest BCUT2D eigenvalue weighted by molar-refractivity contribution is 6.31. The predicted molar refractivity (Wildman–Crippen MR) is 117 cm³/mol. The van der Waals surface area contributed by atoms with Crippen LogP contribution in [0.1, 0.15) is 27.0 Å². The van der Waals surface area contributed by atoms with E-state index >= 15 is 0 Å². The summed E-state index contributed by atoms with van der Waals surface area (Å²) >= 11 is 5.81. The third-order valence-electron chi connectivity index (χ3n) is 5.50. The van der Waals surface area contributed by atoms with E-state index in [1.165, 1.54) is 12.1 Å². The summed E-state index contributed by atoms with van der Waals surface area (Å²) in [6, 6.07) is 19.1. The van der Waals surface area contributed by atoms with Gasteiger partial charge < -0.3 is 10.2 Å². The molecule has 154 valence electrons. The van der Waals surface area contributed by atoms with Crippen LogP contribution in [0.3, 0.4) is 0 Å². The van der Waals surface area contributed by atoms with E-state index < -0.39 is 17.9 Å². The average molecular weight is 434 g/mol. The highest BCUT2D eigenvalue weighted by atomic mass is 35.5. The molecule has 1 N–H and O–H groups in total. The van der Waals surface area contributed by atoms with Gasteiger partial charge in [-0.1, -0.05) is 60.1 Å². The molecule has 0 aromatic heterocycles. The zero-order valence-electron chi connectivity index (χ0n) is 16.3. The number of aliphatic imine (C=N–C) groups is 1. The smallest absolute Gasteiger partial charge is 0.272 e. The van der Waals surface area contributed by atoms with Crippen LogP contribution in [0.2, 0.25) is 5.02 Å². The van der Waals surface area contributed by atoms with Crippen molar-refractivity contribution in [1.29, 1.82) is 0 Å². The maximum atomic E-state index is 13.5. The molecule has 1 atom stereocenters. The monoisotopic (exact) mass is 433 g/mol. The van der Waals surface area contributed by atoms with Crippen molar-refractivity contribution < 1.29 is 14.0 Å². The van der Waals surface area contributed by atoms with E-state index in [9.17, 15) is 14.0 Å². The number of hydrogen-bond acceptors (Lipinski definition) is 3. The normalized spacial score (nSPS) is 17.1. The van der Waals surface area contributed by atoms with E-state index in [4.69, 9.17) is 11.6 Å². The fourth-order valence-electron chi connectivity index (χ4n) is 4.03. The molecule has 7 heteroatoms. The second-order valence-corrected chi connectivity index (χ2v) is 7.81. The molecule has 2 aliphatic rings. The maximum Gasteiger partial charge on any atom is 0.272 e. The number of halogens is 2. The van der Waals surface area contributed by atoms with Crippen LogP contribution in [0.5, 0.6) is 0 Å². The van der Waals surface area contributed by atoms with Crippen molar-refractivity contribution in [3.63, 3.8) is 0 Å². The molecule has 2 aliphatic heterocycles. The molecule has 2 amide bonds. The summed E-state index contributed by atoms with van der Waals surface area (Å²) in [6.45, 7) is 0.525. The second-order valence-electron chi connectivity index (χ2n) is 7.40. The SMILES string of the molecule is O=C(NC1N=C(c2ccccc2)c2cccc3c2N(CC3)C1=O)c1ccc(F)c(Cl)c1. The number of nitrogens with one attached hydrogen (secondary N) is 1. The van der Waals surface area contributed by atoms with Crippen LogP contribution in [-0.4, -0.2) is 30.2 Å². The minimum absolute atomic E-state index is 0.152. The summed E-state index contributed by atoms with van der Waals surface area (Å²) in [7, 11) is 0. The van der Waals surface area contributed by atoms with E-state index in [1.54, 1.807) is 4.90 Å². The molecule has 0 aliphatic carbocycles. The molecule has 0 radical (unpaired) electrons. The number of carbonyl (C=O) groups is 2. The van der Waals surface area contributed by atoms with E-state index in [1.807, 2.05) is 48.5 Å². The van der Waals surface area contributed by atoms with Gasteiger partial charge in [0.05, 0.1) is 16.4 Å². The van der Waals surface area contributed by atoms with Crippen molar-refractivity contribution in [3.05, 3.63) is 99.8 Å². The Hall–Kier alpha value is -3.51. The van der Waals surface area contributed by atoms with Gasteiger partial charge in [-0.3, -0.25) is 9.59 Å². The zero-order chi connectivity index (χ0) is 21.5. The lowest BCUT2D eigenvalue weighted by Gasteiger charge is -2.21. The molecule has 1 unspecified atom stereocenters. The number of benzene rings is 3. The third-order valence-corrected chi connectivity index (χ3v) is 5.79. The molecular formula is C24H17ClFN3O2. The largest absolute Gasteiger partial charge is 0.322 e. The third kappa shape index (κ3) is 3.39. The number of anilines is 1. The lowest BCUT2D eigenvalue weighted by Crippen LogP contribution is -2.47. The molecule has 0 saturated heterocycles. The van der Waals surface area contributed by atoms with E-state index in [0.29, 0.717) is 12.3 Å². The number of hydrogen-bond donors (Lipinski definition) is 1. The fourth-order valence-corrected chi connectivity index (χ4v) is 4.21. The van der Waals surface area contributed by atoms with Crippen molar-refractivity contribution in [3.8, 4) is 0 Å². The molecule has 3 aromatic carbocycles. The van der Waals surface area contributed by atoms with Gasteiger partial charge in [-0.2, -0.15) is 0 Å². The highest BCUT2D eigenvalue weighted by Crippen LogP contribution is 2.36. The van der Waals surface area contributed by atoms with Crippen molar-refractivity contribution in [2.45, 2.75) is 12.6 Å². The Balaban J connectivity index is 1.59. The Morgan fingerprint density at radius 2 is 1.90 bits per heavy atom. The zero-order valence-corrected chi connectivity index (χ0v) is 17.1. The molecule has 5 rings (SSSR count). The summed E-state index contributed by atoms with van der Waals surface area (Å²) < 4.78 is 13.5. The Kier molecular flexibility index (Phi) is 4.79. The lowest BCUT2D eigenvalue weighted by molar-refractivity contribution is -0.120. The van der Waals surface area contributed by atoms with Crippen LogP contribution in [0.15, 0.2) is 71.7 Å². The van der Waals surface area contributed by atoms with Gasteiger partial charge in [-0.05, 0) is 30.2 Å². The molecule has 31 heavy (non-hydrogen) atoms. The van der Waals surface area contributed by atoms with Gasteiger partial charge in [0, 0.05) is 23.2 Å². The van der Waals surface area contributed by atoms with E-state index in [2.05, 4.69) is 10.3 Å². The summed E-state index contributed by atoms with van der Waals surface area (Å²) in [4.78, 5) is 32.6. The van der Waals surface area contributed by atoms with Crippen LogP contribution >= 0.6 is 11.6 Å². The number of rotatable bonds is 3. The van der Waals surface area contributed by atoms with Gasteiger partial charge in [0.25, 0.3) is 11.8 Å². The lowest BCUT2D eigenvalue weighted by atomic mass is 9.98. The Morgan fingerprint density at radius 3 is 2.68 bits per heavy atom. The summed E-state index contributed by atoms with van der Waals surface area (Å²) in [5.74, 6) is -1.48. The molecule has 5 nitrogen and oxygen atoms in total. The number of nitrogens with zero attached hydrogens (tertiary/aromatic N) is 2. The van der Waals surface area contributed by atoms with Gasteiger partial charge >= 0.3 is 0 Å². The van der Waals surface area contributed by atoms with E-state index in [0.717, 1.165) is 34.9 Å². The van der Waals surface area contributed by atoms with Gasteiger partial charge in [-0.15, -0.1) is 0 Å². The van der Waals surface area contributed by atoms with Crippen LogP contribution in [-0.2, 0) is 11.2 Å². The summed E-state index contributed by atoms with van der Waals surface area (Å²) in [5, 5.41) is 2.53. The second kappa shape index (κ2) is 7.63. The highest BCUT2D eigenvalue weighted by Gasteiger charge is 2.37. The van der Waals surface area contributed by atoms with Crippen LogP contribution < -0.4 is 10.2 Å². The van der Waals surface area contributed by atoms with Gasteiger partial charge in [0.2, 0.25) is 6.17 Å². The fraction of sp³-hybridized carbons (Fsp3) is 0.125. The first-order valence-electron chi connectivity index (χ1n) is 9.86. The average Bonchev–Trinajstić information content (AvgIpc) is 3.18. The van der Waals surface area contributed by atoms with Crippen LogP contribution in [0.25, 0.3) is 0 Å². The first kappa shape index (κ1) is 19.5. The van der Waals surface area contributed by atoms with Gasteiger partial charge in [0.15, 0.2) is 0 Å². The van der Waals surface area contributed by atoms with Gasteiger partial charge in [-0.25, -0.2) is 9.38 Å². The topological polar surface area (TPSA) is 61.8 Å². The molecule has 0 saturated carbocycles. The maximum absolute atomic E-state index is 13.5. The minimum atomic E-state index is -1.12. The molecule has 3 aromatic rings. The molecular weight excluding hydrogens is 417 g/mol. The number of para-hydroxylation sites is 1. The first-order valence-corrected chi connectivity index (χ1v) is 10.2. The summed E-state index contributed by atoms with van der Waals surface area (Å²) in [5.41, 5.74) is 4.42. The van der Waals surface area contributed by atoms with Crippen molar-refractivity contribution >= 4 is 34.8 Å². The van der Waals surface area contributed by atoms with Crippen molar-refractivity contribution in [1.82, 2.24) is 5.32 Å². The molecule has 2 heterocycles. The van der Waals surface area contributed by atoms with Crippen molar-refractivity contribution in [2.24, 2.45) is 4.99 Å². The quantitative estimate of drug-likeness (QED) is 0.679. The Labute approximate surface area is 183 Å². The van der Waals surface area contributed by atoms with Crippen LogP contribution in [0, 0.1) is 5.82 Å². The minimum Gasteiger partial charge on any atom is -0.322 e. The van der Waals surface area contributed by atoms with Crippen LogP contribution in [0.4, 0.5) is 10.1 Å². The number of amides is 2. The van der Waals surface area contributed by atoms with E-state index in [-0.39, 0.29) is 16.5 Å². The molecule has 0 bridgehead atoms. The summed E-state index contributed by atoms with van der Waals surface area (Å²) in [6.07, 6.45) is -0.379. The predicted octanol–water partition coefficient (Wildman–Crippen LogP) is 3.98. The Morgan fingerprint density at radius 1 is 1.10 bits per heavy atom. The number of carbonyl (C=O) groups excluding carboxylic acids is 2. The first-order chi connectivity index (χ1) is 15.0. The van der Waals surface area contributed by atoms with Crippen molar-refractivity contribution in [2.75, 3.05) is 11.4 Å². The standard InChI is InChI=1S/C24H17ClFN3O2/c25-18-13-16(9-10-19(18)26)23(30)28-22-24(31)29-12-11-15-7-4-8-17(21(15)29)20(27-22)14-5-2-1-3-6-14/h1-10,13,22H,11-12H2,(H,28,30). The molecule has 0 spiro atoms.